The molecule has 0 saturated heterocycles. The van der Waals surface area contributed by atoms with Crippen LogP contribution in [0.5, 0.6) is 0 Å². The number of benzene rings is 6. The maximum absolute atomic E-state index is 6.31. The molecule has 38 heavy (non-hydrogen) atoms. The molecule has 0 spiro atoms. The maximum Gasteiger partial charge on any atom is 0.136 e. The van der Waals surface area contributed by atoms with Crippen LogP contribution < -0.4 is 5.32 Å². The zero-order valence-electron chi connectivity index (χ0n) is 20.8. The second kappa shape index (κ2) is 9.42. The molecule has 7 rings (SSSR count). The average molecular weight is 488 g/mol. The lowest BCUT2D eigenvalue weighted by Gasteiger charge is -2.11. The van der Waals surface area contributed by atoms with E-state index in [2.05, 4.69) is 133 Å². The highest BCUT2D eigenvalue weighted by molar-refractivity contribution is 6.13. The Morgan fingerprint density at radius 2 is 0.974 bits per heavy atom. The van der Waals surface area contributed by atoms with Crippen molar-refractivity contribution in [2.45, 2.75) is 0 Å². The molecule has 180 valence electrons. The number of hydrogen-bond donors (Lipinski definition) is 1. The van der Waals surface area contributed by atoms with Gasteiger partial charge in [-0.25, -0.2) is 0 Å². The molecule has 0 aliphatic carbocycles. The molecule has 2 nitrogen and oxygen atoms in total. The van der Waals surface area contributed by atoms with Crippen molar-refractivity contribution in [1.82, 2.24) is 0 Å². The van der Waals surface area contributed by atoms with Gasteiger partial charge in [0.1, 0.15) is 11.2 Å². The first-order chi connectivity index (χ1) is 18.8. The first-order valence-electron chi connectivity index (χ1n) is 12.9. The second-order valence-electron chi connectivity index (χ2n) is 9.47. The van der Waals surface area contributed by atoms with Crippen molar-refractivity contribution in [3.05, 3.63) is 146 Å². The Morgan fingerprint density at radius 3 is 1.74 bits per heavy atom. The lowest BCUT2D eigenvalue weighted by Crippen LogP contribution is -1.89. The Balaban J connectivity index is 1.33. The normalized spacial score (nSPS) is 11.2. The molecule has 2 heteroatoms. The van der Waals surface area contributed by atoms with E-state index in [0.717, 1.165) is 38.9 Å². The minimum atomic E-state index is 0.899. The van der Waals surface area contributed by atoms with Crippen LogP contribution in [0.25, 0.3) is 55.3 Å². The molecule has 7 aromatic rings. The second-order valence-corrected chi connectivity index (χ2v) is 9.47. The monoisotopic (exact) mass is 487 g/mol. The van der Waals surface area contributed by atoms with Gasteiger partial charge in [0, 0.05) is 22.1 Å². The Labute approximate surface area is 221 Å². The van der Waals surface area contributed by atoms with Crippen LogP contribution >= 0.6 is 0 Å². The van der Waals surface area contributed by atoms with Gasteiger partial charge in [-0.3, -0.25) is 0 Å². The van der Waals surface area contributed by atoms with Crippen LogP contribution in [0, 0.1) is 0 Å². The molecule has 0 fully saturated rings. The minimum absolute atomic E-state index is 0.899. The Hall–Kier alpha value is -5.08. The van der Waals surface area contributed by atoms with E-state index >= 15 is 0 Å². The average Bonchev–Trinajstić information content (AvgIpc) is 3.37. The van der Waals surface area contributed by atoms with E-state index in [1.54, 1.807) is 0 Å². The van der Waals surface area contributed by atoms with Crippen LogP contribution in [0.1, 0.15) is 0 Å². The van der Waals surface area contributed by atoms with Gasteiger partial charge in [0.2, 0.25) is 0 Å². The molecule has 0 aliphatic heterocycles. The van der Waals surface area contributed by atoms with Gasteiger partial charge in [0.15, 0.2) is 0 Å². The van der Waals surface area contributed by atoms with Gasteiger partial charge in [-0.05, 0) is 75.8 Å². The van der Waals surface area contributed by atoms with Crippen molar-refractivity contribution >= 4 is 33.3 Å². The van der Waals surface area contributed by atoms with Crippen molar-refractivity contribution < 1.29 is 4.42 Å². The predicted octanol–water partition coefficient (Wildman–Crippen LogP) is 10.3. The molecular formula is C36H25NO. The van der Waals surface area contributed by atoms with Crippen molar-refractivity contribution in [3.63, 3.8) is 0 Å². The third-order valence-corrected chi connectivity index (χ3v) is 7.08. The highest BCUT2D eigenvalue weighted by Crippen LogP contribution is 2.40. The number of fused-ring (bicyclic) bond motifs is 3. The van der Waals surface area contributed by atoms with Crippen molar-refractivity contribution in [1.29, 1.82) is 0 Å². The zero-order chi connectivity index (χ0) is 25.3. The fourth-order valence-electron chi connectivity index (χ4n) is 5.26. The molecule has 0 aliphatic rings. The third-order valence-electron chi connectivity index (χ3n) is 7.08. The fraction of sp³-hybridized carbons (Fsp3) is 0. The molecule has 0 amide bonds. The summed E-state index contributed by atoms with van der Waals surface area (Å²) in [6.07, 6.45) is 0. The molecule has 1 aromatic heterocycles. The van der Waals surface area contributed by atoms with Gasteiger partial charge in [-0.2, -0.15) is 0 Å². The summed E-state index contributed by atoms with van der Waals surface area (Å²) in [6.45, 7) is 0. The smallest absolute Gasteiger partial charge is 0.136 e. The van der Waals surface area contributed by atoms with Crippen LogP contribution in [-0.4, -0.2) is 0 Å². The summed E-state index contributed by atoms with van der Waals surface area (Å²) in [5.74, 6) is 0. The lowest BCUT2D eigenvalue weighted by molar-refractivity contribution is 0.669. The van der Waals surface area contributed by atoms with Crippen LogP contribution in [0.4, 0.5) is 11.4 Å². The molecule has 0 bridgehead atoms. The summed E-state index contributed by atoms with van der Waals surface area (Å²) in [4.78, 5) is 0. The molecule has 0 atom stereocenters. The predicted molar refractivity (Wildman–Crippen MR) is 160 cm³/mol. The van der Waals surface area contributed by atoms with Gasteiger partial charge in [-0.15, -0.1) is 0 Å². The Kier molecular flexibility index (Phi) is 5.49. The number of rotatable bonds is 5. The van der Waals surface area contributed by atoms with E-state index in [4.69, 9.17) is 4.42 Å². The molecule has 0 saturated carbocycles. The summed E-state index contributed by atoms with van der Waals surface area (Å²) in [5, 5.41) is 5.74. The van der Waals surface area contributed by atoms with Crippen LogP contribution in [0.15, 0.2) is 150 Å². The third kappa shape index (κ3) is 4.03. The molecule has 0 radical (unpaired) electrons. The Bertz CT molecular complexity index is 1870. The SMILES string of the molecule is c1ccc(Nc2ccc(-c3cccc4oc5ccc(-c6ccccc6-c6ccccc6)cc5c34)cc2)cc1. The van der Waals surface area contributed by atoms with Crippen LogP contribution in [0.3, 0.4) is 0 Å². The van der Waals surface area contributed by atoms with E-state index in [1.807, 2.05) is 18.2 Å². The van der Waals surface area contributed by atoms with Crippen molar-refractivity contribution in [2.75, 3.05) is 5.32 Å². The largest absolute Gasteiger partial charge is 0.456 e. The number of furan rings is 1. The summed E-state index contributed by atoms with van der Waals surface area (Å²) in [6, 6.07) is 50.9. The highest BCUT2D eigenvalue weighted by Gasteiger charge is 2.15. The van der Waals surface area contributed by atoms with Crippen LogP contribution in [0.2, 0.25) is 0 Å². The van der Waals surface area contributed by atoms with E-state index < -0.39 is 0 Å². The summed E-state index contributed by atoms with van der Waals surface area (Å²) < 4.78 is 6.31. The Morgan fingerprint density at radius 1 is 0.395 bits per heavy atom. The molecule has 6 aromatic carbocycles. The van der Waals surface area contributed by atoms with E-state index in [1.165, 1.54) is 27.8 Å². The number of nitrogens with one attached hydrogen (secondary N) is 1. The first-order valence-corrected chi connectivity index (χ1v) is 12.9. The van der Waals surface area contributed by atoms with E-state index in [-0.39, 0.29) is 0 Å². The quantitative estimate of drug-likeness (QED) is 0.261. The summed E-state index contributed by atoms with van der Waals surface area (Å²) in [5.41, 5.74) is 11.1. The standard InChI is InChI=1S/C36H25NO/c1-3-10-25(11-4-1)30-14-7-8-15-31(30)27-20-23-34-33(24-27)36-32(16-9-17-35(36)38-34)26-18-21-29(22-19-26)37-28-12-5-2-6-13-28/h1-24,37H. The minimum Gasteiger partial charge on any atom is -0.456 e. The van der Waals surface area contributed by atoms with Crippen LogP contribution in [-0.2, 0) is 0 Å². The molecule has 0 unspecified atom stereocenters. The van der Waals surface area contributed by atoms with Gasteiger partial charge in [-0.1, -0.05) is 103 Å². The van der Waals surface area contributed by atoms with Gasteiger partial charge >= 0.3 is 0 Å². The van der Waals surface area contributed by atoms with Gasteiger partial charge in [0.25, 0.3) is 0 Å². The number of anilines is 2. The summed E-state index contributed by atoms with van der Waals surface area (Å²) in [7, 11) is 0. The molecule has 1 N–H and O–H groups in total. The lowest BCUT2D eigenvalue weighted by atomic mass is 9.93. The number of para-hydroxylation sites is 1. The fourth-order valence-corrected chi connectivity index (χ4v) is 5.26. The van der Waals surface area contributed by atoms with Crippen molar-refractivity contribution in [3.8, 4) is 33.4 Å². The molecular weight excluding hydrogens is 462 g/mol. The topological polar surface area (TPSA) is 25.2 Å². The summed E-state index contributed by atoms with van der Waals surface area (Å²) >= 11 is 0. The highest BCUT2D eigenvalue weighted by atomic mass is 16.3. The number of hydrogen-bond acceptors (Lipinski definition) is 2. The first kappa shape index (κ1) is 22.1. The molecule has 1 heterocycles. The maximum atomic E-state index is 6.31. The zero-order valence-corrected chi connectivity index (χ0v) is 20.8. The van der Waals surface area contributed by atoms with E-state index in [0.29, 0.717) is 0 Å². The van der Waals surface area contributed by atoms with Gasteiger partial charge < -0.3 is 9.73 Å². The van der Waals surface area contributed by atoms with Gasteiger partial charge in [0.05, 0.1) is 0 Å². The van der Waals surface area contributed by atoms with E-state index in [9.17, 15) is 0 Å². The van der Waals surface area contributed by atoms with Crippen molar-refractivity contribution in [2.24, 2.45) is 0 Å².